The van der Waals surface area contributed by atoms with Crippen LogP contribution in [0.5, 0.6) is 0 Å². The van der Waals surface area contributed by atoms with Gasteiger partial charge >= 0.3 is 5.97 Å². The Hall–Kier alpha value is -3.54. The Morgan fingerprint density at radius 2 is 1.37 bits per heavy atom. The van der Waals surface area contributed by atoms with Crippen molar-refractivity contribution in [1.82, 2.24) is 0 Å². The third kappa shape index (κ3) is 6.53. The largest absolute Gasteiger partial charge is 0.459 e. The second kappa shape index (κ2) is 9.98. The predicted octanol–water partition coefficient (Wildman–Crippen LogP) is 6.92. The van der Waals surface area contributed by atoms with Crippen molar-refractivity contribution in [3.63, 3.8) is 0 Å². The van der Waals surface area contributed by atoms with Gasteiger partial charge in [0.2, 0.25) is 0 Å². The molecule has 0 aromatic heterocycles. The number of carbonyl (C=O) groups is 2. The first-order valence-electron chi connectivity index (χ1n) is 11.4. The van der Waals surface area contributed by atoms with Crippen molar-refractivity contribution in [3.8, 4) is 11.1 Å². The fourth-order valence-corrected chi connectivity index (χ4v) is 3.64. The number of amides is 1. The Labute approximate surface area is 205 Å². The monoisotopic (exact) mass is 479 g/mol. The Kier molecular flexibility index (Phi) is 7.44. The lowest BCUT2D eigenvalue weighted by molar-refractivity contribution is -0.152. The fourth-order valence-electron chi connectivity index (χ4n) is 3.64. The van der Waals surface area contributed by atoms with E-state index in [2.05, 4.69) is 20.8 Å². The SMILES string of the molecule is CC(C)(C)OC(=O)CN(C(=O)c1c(F)cccc1F)c1cccc(-c2ccc(C(C)(C)C)cc2)c1. The molecule has 4 nitrogen and oxygen atoms in total. The predicted molar refractivity (Wildman–Crippen MR) is 134 cm³/mol. The van der Waals surface area contributed by atoms with E-state index in [1.165, 1.54) is 11.6 Å². The van der Waals surface area contributed by atoms with Crippen LogP contribution >= 0.6 is 0 Å². The zero-order chi connectivity index (χ0) is 26.0. The molecule has 184 valence electrons. The molecule has 0 bridgehead atoms. The maximum atomic E-state index is 14.5. The van der Waals surface area contributed by atoms with Gasteiger partial charge in [-0.1, -0.05) is 63.2 Å². The van der Waals surface area contributed by atoms with Crippen LogP contribution in [0, 0.1) is 11.6 Å². The van der Waals surface area contributed by atoms with E-state index in [0.717, 1.165) is 28.2 Å². The van der Waals surface area contributed by atoms with E-state index in [9.17, 15) is 18.4 Å². The first-order valence-corrected chi connectivity index (χ1v) is 11.4. The van der Waals surface area contributed by atoms with Gasteiger partial charge in [-0.05, 0) is 67.1 Å². The quantitative estimate of drug-likeness (QED) is 0.373. The third-order valence-electron chi connectivity index (χ3n) is 5.37. The number of anilines is 1. The summed E-state index contributed by atoms with van der Waals surface area (Å²) in [4.78, 5) is 27.0. The van der Waals surface area contributed by atoms with Crippen molar-refractivity contribution in [1.29, 1.82) is 0 Å². The van der Waals surface area contributed by atoms with Crippen LogP contribution in [0.2, 0.25) is 0 Å². The van der Waals surface area contributed by atoms with E-state index in [0.29, 0.717) is 5.69 Å². The molecule has 0 spiro atoms. The highest BCUT2D eigenvalue weighted by atomic mass is 19.1. The van der Waals surface area contributed by atoms with Gasteiger partial charge in [0, 0.05) is 5.69 Å². The second-order valence-corrected chi connectivity index (χ2v) is 10.5. The van der Waals surface area contributed by atoms with Crippen molar-refractivity contribution >= 4 is 17.6 Å². The molecule has 0 aliphatic rings. The molecule has 0 atom stereocenters. The standard InChI is InChI=1S/C29H31F2NO3/c1-28(2,3)21-15-13-19(14-16-21)20-9-7-10-22(17-20)32(18-25(33)35-29(4,5)6)27(34)26-23(30)11-8-12-24(26)31/h7-17H,18H2,1-6H3. The normalized spacial score (nSPS) is 11.8. The van der Waals surface area contributed by atoms with E-state index in [1.807, 2.05) is 30.3 Å². The van der Waals surface area contributed by atoms with Gasteiger partial charge in [0.15, 0.2) is 0 Å². The highest BCUT2D eigenvalue weighted by Crippen LogP contribution is 2.29. The zero-order valence-corrected chi connectivity index (χ0v) is 21.0. The molecule has 0 aliphatic heterocycles. The molecule has 0 saturated carbocycles. The smallest absolute Gasteiger partial charge is 0.326 e. The van der Waals surface area contributed by atoms with Crippen molar-refractivity contribution < 1.29 is 23.1 Å². The van der Waals surface area contributed by atoms with E-state index < -0.39 is 41.2 Å². The lowest BCUT2D eigenvalue weighted by atomic mass is 9.86. The Bertz CT molecular complexity index is 1200. The van der Waals surface area contributed by atoms with Gasteiger partial charge in [0.1, 0.15) is 29.3 Å². The first-order chi connectivity index (χ1) is 16.3. The number of hydrogen-bond donors (Lipinski definition) is 0. The topological polar surface area (TPSA) is 46.6 Å². The van der Waals surface area contributed by atoms with Crippen LogP contribution in [0.3, 0.4) is 0 Å². The number of esters is 1. The highest BCUT2D eigenvalue weighted by molar-refractivity contribution is 6.09. The Morgan fingerprint density at radius 1 is 0.800 bits per heavy atom. The summed E-state index contributed by atoms with van der Waals surface area (Å²) in [5.74, 6) is -3.66. The summed E-state index contributed by atoms with van der Waals surface area (Å²) >= 11 is 0. The fraction of sp³-hybridized carbons (Fsp3) is 0.310. The van der Waals surface area contributed by atoms with E-state index >= 15 is 0 Å². The van der Waals surface area contributed by atoms with Gasteiger partial charge in [-0.15, -0.1) is 0 Å². The minimum absolute atomic E-state index is 0.000836. The summed E-state index contributed by atoms with van der Waals surface area (Å²) in [6, 6.07) is 18.2. The van der Waals surface area contributed by atoms with Crippen LogP contribution in [-0.2, 0) is 14.9 Å². The van der Waals surface area contributed by atoms with Gasteiger partial charge in [-0.3, -0.25) is 14.5 Å². The third-order valence-corrected chi connectivity index (χ3v) is 5.37. The summed E-state index contributed by atoms with van der Waals surface area (Å²) in [6.07, 6.45) is 0. The van der Waals surface area contributed by atoms with Crippen molar-refractivity contribution in [2.75, 3.05) is 11.4 Å². The molecule has 6 heteroatoms. The number of nitrogens with zero attached hydrogens (tertiary/aromatic N) is 1. The molecule has 35 heavy (non-hydrogen) atoms. The minimum Gasteiger partial charge on any atom is -0.459 e. The van der Waals surface area contributed by atoms with Gasteiger partial charge in [0.25, 0.3) is 5.91 Å². The van der Waals surface area contributed by atoms with E-state index in [1.54, 1.807) is 39.0 Å². The number of halogens is 2. The second-order valence-electron chi connectivity index (χ2n) is 10.5. The highest BCUT2D eigenvalue weighted by Gasteiger charge is 2.28. The summed E-state index contributed by atoms with van der Waals surface area (Å²) in [7, 11) is 0. The van der Waals surface area contributed by atoms with Gasteiger partial charge < -0.3 is 4.74 Å². The number of hydrogen-bond acceptors (Lipinski definition) is 3. The Balaban J connectivity index is 2.03. The molecule has 0 heterocycles. The number of benzene rings is 3. The van der Waals surface area contributed by atoms with Crippen molar-refractivity contribution in [3.05, 3.63) is 89.5 Å². The molecule has 0 saturated heterocycles. The molecule has 0 fully saturated rings. The molecule has 3 aromatic carbocycles. The first kappa shape index (κ1) is 26.1. The van der Waals surface area contributed by atoms with E-state index in [-0.39, 0.29) is 5.41 Å². The lowest BCUT2D eigenvalue weighted by Gasteiger charge is -2.26. The lowest BCUT2D eigenvalue weighted by Crippen LogP contribution is -2.39. The van der Waals surface area contributed by atoms with Crippen molar-refractivity contribution in [2.24, 2.45) is 0 Å². The summed E-state index contributed by atoms with van der Waals surface area (Å²) < 4.78 is 34.3. The number of carbonyl (C=O) groups excluding carboxylic acids is 2. The molecule has 3 aromatic rings. The zero-order valence-electron chi connectivity index (χ0n) is 21.0. The molecular formula is C29H31F2NO3. The molecule has 1 amide bonds. The van der Waals surface area contributed by atoms with E-state index in [4.69, 9.17) is 4.74 Å². The molecule has 0 unspecified atom stereocenters. The van der Waals surface area contributed by atoms with Gasteiger partial charge in [-0.2, -0.15) is 0 Å². The minimum atomic E-state index is -1.00. The molecule has 0 aliphatic carbocycles. The molecule has 0 N–H and O–H groups in total. The van der Waals surface area contributed by atoms with Gasteiger partial charge in [-0.25, -0.2) is 8.78 Å². The van der Waals surface area contributed by atoms with Crippen molar-refractivity contribution in [2.45, 2.75) is 52.6 Å². The summed E-state index contributed by atoms with van der Waals surface area (Å²) in [5.41, 5.74) is 1.68. The maximum absolute atomic E-state index is 14.5. The van der Waals surface area contributed by atoms with Crippen LogP contribution in [0.25, 0.3) is 11.1 Å². The Morgan fingerprint density at radius 3 is 1.91 bits per heavy atom. The van der Waals surface area contributed by atoms with Crippen LogP contribution in [0.4, 0.5) is 14.5 Å². The van der Waals surface area contributed by atoms with Crippen LogP contribution < -0.4 is 4.90 Å². The summed E-state index contributed by atoms with van der Waals surface area (Å²) in [5, 5.41) is 0. The molecule has 3 rings (SSSR count). The summed E-state index contributed by atoms with van der Waals surface area (Å²) in [6.45, 7) is 11.0. The number of ether oxygens (including phenoxy) is 1. The van der Waals surface area contributed by atoms with Gasteiger partial charge in [0.05, 0.1) is 0 Å². The maximum Gasteiger partial charge on any atom is 0.326 e. The average Bonchev–Trinajstić information content (AvgIpc) is 2.75. The van der Waals surface area contributed by atoms with Crippen LogP contribution in [0.1, 0.15) is 57.5 Å². The average molecular weight is 480 g/mol. The number of rotatable bonds is 5. The van der Waals surface area contributed by atoms with Crippen LogP contribution in [0.15, 0.2) is 66.7 Å². The van der Waals surface area contributed by atoms with Crippen LogP contribution in [-0.4, -0.2) is 24.0 Å². The molecule has 0 radical (unpaired) electrons. The molecular weight excluding hydrogens is 448 g/mol.